The highest BCUT2D eigenvalue weighted by Crippen LogP contribution is 2.54. The molecule has 3 rings (SSSR count). The first-order valence-electron chi connectivity index (χ1n) is 7.16. The van der Waals surface area contributed by atoms with Gasteiger partial charge in [-0.3, -0.25) is 9.59 Å². The van der Waals surface area contributed by atoms with Gasteiger partial charge < -0.3 is 14.7 Å². The lowest BCUT2D eigenvalue weighted by molar-refractivity contribution is -0.141. The summed E-state index contributed by atoms with van der Waals surface area (Å²) in [7, 11) is 1.36. The van der Waals surface area contributed by atoms with Crippen LogP contribution in [0.2, 0.25) is 0 Å². The largest absolute Gasteiger partial charge is 0.469 e. The molecule has 0 aromatic heterocycles. The molecule has 0 aromatic rings. The maximum Gasteiger partial charge on any atom is 0.305 e. The van der Waals surface area contributed by atoms with Gasteiger partial charge in [0.1, 0.15) is 0 Å². The summed E-state index contributed by atoms with van der Waals surface area (Å²) in [5, 5.41) is 10.2. The van der Waals surface area contributed by atoms with Crippen molar-refractivity contribution in [3.63, 3.8) is 0 Å². The molecule has 1 aliphatic heterocycles. The van der Waals surface area contributed by atoms with E-state index >= 15 is 0 Å². The number of nitrogens with zero attached hydrogens (tertiary/aromatic N) is 1. The van der Waals surface area contributed by atoms with Crippen LogP contribution in [0, 0.1) is 17.8 Å². The molecule has 2 aliphatic carbocycles. The van der Waals surface area contributed by atoms with E-state index in [0.717, 1.165) is 19.4 Å². The Labute approximate surface area is 112 Å². The topological polar surface area (TPSA) is 66.8 Å². The number of esters is 1. The van der Waals surface area contributed by atoms with Crippen LogP contribution in [0.25, 0.3) is 0 Å². The first-order chi connectivity index (χ1) is 9.11. The Morgan fingerprint density at radius 2 is 2.05 bits per heavy atom. The first-order valence-corrected chi connectivity index (χ1v) is 7.16. The van der Waals surface area contributed by atoms with Crippen molar-refractivity contribution in [2.75, 3.05) is 13.7 Å². The highest BCUT2D eigenvalue weighted by atomic mass is 16.5. The molecular weight excluding hydrogens is 246 g/mol. The molecule has 5 atom stereocenters. The Hall–Kier alpha value is -1.10. The maximum absolute atomic E-state index is 12.2. The molecule has 3 fully saturated rings. The average Bonchev–Trinajstić information content (AvgIpc) is 2.99. The number of amides is 1. The van der Waals surface area contributed by atoms with Crippen LogP contribution in [0.15, 0.2) is 0 Å². The lowest BCUT2D eigenvalue weighted by Crippen LogP contribution is -2.43. The molecule has 0 aromatic carbocycles. The number of aliphatic hydroxyl groups excluding tert-OH is 1. The number of hydrogen-bond donors (Lipinski definition) is 1. The molecule has 19 heavy (non-hydrogen) atoms. The van der Waals surface area contributed by atoms with Gasteiger partial charge in [0.15, 0.2) is 0 Å². The minimum atomic E-state index is -0.326. The van der Waals surface area contributed by atoms with Gasteiger partial charge in [-0.05, 0) is 37.0 Å². The van der Waals surface area contributed by atoms with Crippen molar-refractivity contribution in [3.8, 4) is 0 Å². The van der Waals surface area contributed by atoms with Gasteiger partial charge >= 0.3 is 5.97 Å². The van der Waals surface area contributed by atoms with E-state index in [1.807, 2.05) is 4.90 Å². The lowest BCUT2D eigenvalue weighted by Gasteiger charge is -2.28. The van der Waals surface area contributed by atoms with Crippen molar-refractivity contribution in [3.05, 3.63) is 0 Å². The van der Waals surface area contributed by atoms with Crippen LogP contribution < -0.4 is 0 Å². The zero-order chi connectivity index (χ0) is 13.6. The Bertz CT molecular complexity index is 395. The van der Waals surface area contributed by atoms with E-state index in [0.29, 0.717) is 37.0 Å². The van der Waals surface area contributed by atoms with E-state index < -0.39 is 0 Å². The molecule has 5 nitrogen and oxygen atoms in total. The van der Waals surface area contributed by atoms with E-state index in [1.165, 1.54) is 7.11 Å². The molecule has 5 heteroatoms. The molecule has 1 N–H and O–H groups in total. The number of carbonyl (C=O) groups excluding carboxylic acids is 2. The SMILES string of the molecule is COC(=O)CCCC(=O)N1CC2CC3CC2C1C3O. The summed E-state index contributed by atoms with van der Waals surface area (Å²) < 4.78 is 4.56. The van der Waals surface area contributed by atoms with Crippen molar-refractivity contribution in [1.82, 2.24) is 4.90 Å². The van der Waals surface area contributed by atoms with Crippen LogP contribution in [0.1, 0.15) is 32.1 Å². The summed E-state index contributed by atoms with van der Waals surface area (Å²) >= 11 is 0. The predicted molar refractivity (Wildman–Crippen MR) is 67.1 cm³/mol. The zero-order valence-electron chi connectivity index (χ0n) is 11.2. The Balaban J connectivity index is 1.55. The molecule has 0 radical (unpaired) electrons. The van der Waals surface area contributed by atoms with E-state index in [2.05, 4.69) is 4.74 Å². The fourth-order valence-electron chi connectivity index (χ4n) is 4.33. The first kappa shape index (κ1) is 12.9. The molecule has 2 saturated carbocycles. The van der Waals surface area contributed by atoms with Crippen LogP contribution in [0.5, 0.6) is 0 Å². The third-order valence-electron chi connectivity index (χ3n) is 5.17. The van der Waals surface area contributed by atoms with Crippen LogP contribution in [-0.4, -0.2) is 47.7 Å². The number of likely N-dealkylation sites (tertiary alicyclic amines) is 1. The monoisotopic (exact) mass is 267 g/mol. The molecule has 2 bridgehead atoms. The Morgan fingerprint density at radius 1 is 1.26 bits per heavy atom. The average molecular weight is 267 g/mol. The third kappa shape index (κ3) is 2.04. The molecule has 3 aliphatic rings. The van der Waals surface area contributed by atoms with Gasteiger partial charge in [-0.1, -0.05) is 0 Å². The molecule has 1 heterocycles. The minimum Gasteiger partial charge on any atom is -0.469 e. The number of ether oxygens (including phenoxy) is 1. The molecular formula is C14H21NO4. The normalized spacial score (nSPS) is 38.8. The number of carbonyl (C=O) groups is 2. The van der Waals surface area contributed by atoms with Gasteiger partial charge in [0, 0.05) is 19.4 Å². The smallest absolute Gasteiger partial charge is 0.305 e. The molecule has 5 unspecified atom stereocenters. The number of rotatable bonds is 4. The Morgan fingerprint density at radius 3 is 2.74 bits per heavy atom. The summed E-state index contributed by atoms with van der Waals surface area (Å²) in [6.07, 6.45) is 3.04. The minimum absolute atomic E-state index is 0.0503. The maximum atomic E-state index is 12.2. The number of methoxy groups -OCH3 is 1. The van der Waals surface area contributed by atoms with Crippen LogP contribution in [-0.2, 0) is 14.3 Å². The molecule has 0 spiro atoms. The quantitative estimate of drug-likeness (QED) is 0.756. The van der Waals surface area contributed by atoms with Crippen molar-refractivity contribution >= 4 is 11.9 Å². The predicted octanol–water partition coefficient (Wildman–Crippen LogP) is 0.557. The van der Waals surface area contributed by atoms with Gasteiger partial charge in [0.05, 0.1) is 19.3 Å². The summed E-state index contributed by atoms with van der Waals surface area (Å²) in [6, 6.07) is 0.0503. The number of hydrogen-bond acceptors (Lipinski definition) is 4. The molecule has 1 saturated heterocycles. The summed E-state index contributed by atoms with van der Waals surface area (Å²) in [6.45, 7) is 0.806. The van der Waals surface area contributed by atoms with E-state index in [4.69, 9.17) is 0 Å². The fraction of sp³-hybridized carbons (Fsp3) is 0.857. The van der Waals surface area contributed by atoms with Gasteiger partial charge in [-0.2, -0.15) is 0 Å². The highest BCUT2D eigenvalue weighted by Gasteiger charge is 2.59. The van der Waals surface area contributed by atoms with Gasteiger partial charge in [0.25, 0.3) is 0 Å². The van der Waals surface area contributed by atoms with Crippen LogP contribution >= 0.6 is 0 Å². The van der Waals surface area contributed by atoms with Gasteiger partial charge in [-0.15, -0.1) is 0 Å². The third-order valence-corrected chi connectivity index (χ3v) is 5.17. The molecule has 1 amide bonds. The van der Waals surface area contributed by atoms with Crippen molar-refractivity contribution in [2.24, 2.45) is 17.8 Å². The fourth-order valence-corrected chi connectivity index (χ4v) is 4.33. The van der Waals surface area contributed by atoms with Gasteiger partial charge in [-0.25, -0.2) is 0 Å². The number of fused-ring (bicyclic) bond motifs is 1. The number of aliphatic hydroxyl groups is 1. The second-order valence-corrected chi connectivity index (χ2v) is 6.11. The second-order valence-electron chi connectivity index (χ2n) is 6.11. The summed E-state index contributed by atoms with van der Waals surface area (Å²) in [5.41, 5.74) is 0. The second kappa shape index (κ2) is 4.78. The van der Waals surface area contributed by atoms with Gasteiger partial charge in [0.2, 0.25) is 5.91 Å². The van der Waals surface area contributed by atoms with Crippen molar-refractivity contribution < 1.29 is 19.4 Å². The highest BCUT2D eigenvalue weighted by molar-refractivity contribution is 5.78. The van der Waals surface area contributed by atoms with E-state index in [1.54, 1.807) is 0 Å². The van der Waals surface area contributed by atoms with Crippen molar-refractivity contribution in [2.45, 2.75) is 44.2 Å². The van der Waals surface area contributed by atoms with Crippen molar-refractivity contribution in [1.29, 1.82) is 0 Å². The van der Waals surface area contributed by atoms with Crippen LogP contribution in [0.3, 0.4) is 0 Å². The molecule has 106 valence electrons. The van der Waals surface area contributed by atoms with E-state index in [9.17, 15) is 14.7 Å². The Kier molecular flexibility index (Phi) is 3.25. The summed E-state index contributed by atoms with van der Waals surface area (Å²) in [4.78, 5) is 25.1. The standard InChI is InChI=1S/C14H21NO4/c1-19-12(17)4-2-3-11(16)15-7-9-5-8-6-10(9)13(15)14(8)18/h8-10,13-14,18H,2-7H2,1H3. The van der Waals surface area contributed by atoms with E-state index in [-0.39, 0.29) is 24.0 Å². The zero-order valence-corrected chi connectivity index (χ0v) is 11.2. The summed E-state index contributed by atoms with van der Waals surface area (Å²) in [5.74, 6) is 1.35. The van der Waals surface area contributed by atoms with Crippen LogP contribution in [0.4, 0.5) is 0 Å². The lowest BCUT2D eigenvalue weighted by atomic mass is 9.88.